The zero-order chi connectivity index (χ0) is 13.5. The predicted octanol–water partition coefficient (Wildman–Crippen LogP) is 3.28. The molecule has 1 heterocycles. The third-order valence-corrected chi connectivity index (χ3v) is 3.70. The summed E-state index contributed by atoms with van der Waals surface area (Å²) in [5, 5.41) is 3.05. The van der Waals surface area contributed by atoms with Crippen LogP contribution in [0.25, 0.3) is 0 Å². The van der Waals surface area contributed by atoms with Gasteiger partial charge in [0.15, 0.2) is 0 Å². The number of aromatic nitrogens is 1. The molecule has 3 heteroatoms. The second-order valence-corrected chi connectivity index (χ2v) is 5.05. The fourth-order valence-corrected chi connectivity index (χ4v) is 2.11. The van der Waals surface area contributed by atoms with Gasteiger partial charge in [-0.2, -0.15) is 0 Å². The van der Waals surface area contributed by atoms with Crippen molar-refractivity contribution in [3.05, 3.63) is 23.5 Å². The van der Waals surface area contributed by atoms with Crippen LogP contribution in [-0.2, 0) is 7.05 Å². The third kappa shape index (κ3) is 3.90. The van der Waals surface area contributed by atoms with Crippen molar-refractivity contribution in [3.8, 4) is 0 Å². The Balaban J connectivity index is 2.47. The Morgan fingerprint density at radius 1 is 1.39 bits per heavy atom. The molecule has 0 aliphatic carbocycles. The van der Waals surface area contributed by atoms with E-state index in [-0.39, 0.29) is 5.91 Å². The Morgan fingerprint density at radius 2 is 2.11 bits per heavy atom. The van der Waals surface area contributed by atoms with Crippen molar-refractivity contribution in [3.63, 3.8) is 0 Å². The smallest absolute Gasteiger partial charge is 0.267 e. The van der Waals surface area contributed by atoms with E-state index in [1.165, 1.54) is 19.3 Å². The van der Waals surface area contributed by atoms with Gasteiger partial charge in [-0.1, -0.05) is 33.1 Å². The Bertz CT molecular complexity index is 382. The summed E-state index contributed by atoms with van der Waals surface area (Å²) in [6.07, 6.45) is 4.81. The minimum Gasteiger partial charge on any atom is -0.350 e. The van der Waals surface area contributed by atoms with Gasteiger partial charge in [0.2, 0.25) is 0 Å². The van der Waals surface area contributed by atoms with E-state index < -0.39 is 0 Å². The predicted molar refractivity (Wildman–Crippen MR) is 75.8 cm³/mol. The number of hydrogen-bond donors (Lipinski definition) is 1. The van der Waals surface area contributed by atoms with E-state index in [4.69, 9.17) is 0 Å². The number of amides is 1. The monoisotopic (exact) mass is 250 g/mol. The van der Waals surface area contributed by atoms with Crippen LogP contribution < -0.4 is 5.32 Å². The first-order chi connectivity index (χ1) is 8.60. The molecule has 1 aromatic heterocycles. The van der Waals surface area contributed by atoms with Crippen LogP contribution in [0.15, 0.2) is 12.1 Å². The highest BCUT2D eigenvalue weighted by atomic mass is 16.1. The molecular formula is C15H26N2O. The van der Waals surface area contributed by atoms with Crippen molar-refractivity contribution < 1.29 is 4.79 Å². The van der Waals surface area contributed by atoms with Crippen molar-refractivity contribution in [2.24, 2.45) is 13.0 Å². The highest BCUT2D eigenvalue weighted by molar-refractivity contribution is 5.92. The van der Waals surface area contributed by atoms with Crippen LogP contribution in [0.2, 0.25) is 0 Å². The Labute approximate surface area is 111 Å². The van der Waals surface area contributed by atoms with Gasteiger partial charge in [0.25, 0.3) is 5.91 Å². The number of unbranched alkanes of at least 4 members (excludes halogenated alkanes) is 1. The van der Waals surface area contributed by atoms with Crippen molar-refractivity contribution >= 4 is 5.91 Å². The summed E-state index contributed by atoms with van der Waals surface area (Å²) in [6, 6.07) is 3.86. The molecule has 3 nitrogen and oxygen atoms in total. The van der Waals surface area contributed by atoms with Crippen LogP contribution in [0.5, 0.6) is 0 Å². The number of nitrogens with zero attached hydrogens (tertiary/aromatic N) is 1. The summed E-state index contributed by atoms with van der Waals surface area (Å²) in [4.78, 5) is 12.0. The maximum Gasteiger partial charge on any atom is 0.267 e. The van der Waals surface area contributed by atoms with Crippen LogP contribution in [0.1, 0.15) is 55.7 Å². The summed E-state index contributed by atoms with van der Waals surface area (Å²) >= 11 is 0. The lowest BCUT2D eigenvalue weighted by Crippen LogP contribution is -2.30. The summed E-state index contributed by atoms with van der Waals surface area (Å²) in [7, 11) is 1.93. The minimum atomic E-state index is 0.0422. The second kappa shape index (κ2) is 7.24. The lowest BCUT2D eigenvalue weighted by Gasteiger charge is -2.15. The fraction of sp³-hybridized carbons (Fsp3) is 0.667. The van der Waals surface area contributed by atoms with Crippen molar-refractivity contribution in [2.45, 2.75) is 46.5 Å². The van der Waals surface area contributed by atoms with E-state index in [0.717, 1.165) is 24.4 Å². The second-order valence-electron chi connectivity index (χ2n) is 5.05. The normalized spacial score (nSPS) is 12.4. The topological polar surface area (TPSA) is 34.0 Å². The third-order valence-electron chi connectivity index (χ3n) is 3.70. The SMILES string of the molecule is CCCCC(CC)CNC(=O)c1ccc(C)n1C. The highest BCUT2D eigenvalue weighted by Gasteiger charge is 2.12. The van der Waals surface area contributed by atoms with Crippen LogP contribution in [0, 0.1) is 12.8 Å². The maximum absolute atomic E-state index is 12.0. The van der Waals surface area contributed by atoms with E-state index in [0.29, 0.717) is 5.92 Å². The number of rotatable bonds is 7. The largest absolute Gasteiger partial charge is 0.350 e. The van der Waals surface area contributed by atoms with Gasteiger partial charge in [0, 0.05) is 19.3 Å². The van der Waals surface area contributed by atoms with Gasteiger partial charge < -0.3 is 9.88 Å². The molecule has 0 saturated heterocycles. The summed E-state index contributed by atoms with van der Waals surface area (Å²) < 4.78 is 1.93. The lowest BCUT2D eigenvalue weighted by atomic mass is 9.99. The Hall–Kier alpha value is -1.25. The number of carbonyl (C=O) groups is 1. The zero-order valence-electron chi connectivity index (χ0n) is 12.1. The van der Waals surface area contributed by atoms with Crippen molar-refractivity contribution in [1.29, 1.82) is 0 Å². The molecule has 1 unspecified atom stereocenters. The first kappa shape index (κ1) is 14.8. The molecule has 0 saturated carbocycles. The van der Waals surface area contributed by atoms with E-state index in [2.05, 4.69) is 19.2 Å². The van der Waals surface area contributed by atoms with Gasteiger partial charge in [0.05, 0.1) is 0 Å². The quantitative estimate of drug-likeness (QED) is 0.791. The average Bonchev–Trinajstić information content (AvgIpc) is 2.70. The molecule has 1 rings (SSSR count). The maximum atomic E-state index is 12.0. The molecule has 102 valence electrons. The van der Waals surface area contributed by atoms with Crippen LogP contribution in [-0.4, -0.2) is 17.0 Å². The van der Waals surface area contributed by atoms with E-state index >= 15 is 0 Å². The standard InChI is InChI=1S/C15H26N2O/c1-5-7-8-13(6-2)11-16-15(18)14-10-9-12(3)17(14)4/h9-10,13H,5-8,11H2,1-4H3,(H,16,18). The van der Waals surface area contributed by atoms with Gasteiger partial charge in [-0.3, -0.25) is 4.79 Å². The molecule has 1 aromatic rings. The van der Waals surface area contributed by atoms with Gasteiger partial charge in [-0.15, -0.1) is 0 Å². The molecule has 0 radical (unpaired) electrons. The lowest BCUT2D eigenvalue weighted by molar-refractivity contribution is 0.0937. The Morgan fingerprint density at radius 3 is 2.61 bits per heavy atom. The highest BCUT2D eigenvalue weighted by Crippen LogP contribution is 2.12. The molecule has 0 bridgehead atoms. The molecular weight excluding hydrogens is 224 g/mol. The zero-order valence-corrected chi connectivity index (χ0v) is 12.1. The number of aryl methyl sites for hydroxylation is 1. The van der Waals surface area contributed by atoms with Crippen LogP contribution in [0.4, 0.5) is 0 Å². The van der Waals surface area contributed by atoms with Gasteiger partial charge >= 0.3 is 0 Å². The fourth-order valence-electron chi connectivity index (χ4n) is 2.11. The van der Waals surface area contributed by atoms with Crippen LogP contribution in [0.3, 0.4) is 0 Å². The Kier molecular flexibility index (Phi) is 5.96. The van der Waals surface area contributed by atoms with Gasteiger partial charge in [0.1, 0.15) is 5.69 Å². The van der Waals surface area contributed by atoms with Gasteiger partial charge in [-0.25, -0.2) is 0 Å². The summed E-state index contributed by atoms with van der Waals surface area (Å²) in [5.74, 6) is 0.649. The summed E-state index contributed by atoms with van der Waals surface area (Å²) in [6.45, 7) is 7.20. The van der Waals surface area contributed by atoms with Crippen molar-refractivity contribution in [1.82, 2.24) is 9.88 Å². The number of hydrogen-bond acceptors (Lipinski definition) is 1. The minimum absolute atomic E-state index is 0.0422. The molecule has 0 aliphatic heterocycles. The summed E-state index contributed by atoms with van der Waals surface area (Å²) in [5.41, 5.74) is 1.86. The number of carbonyl (C=O) groups excluding carboxylic acids is 1. The van der Waals surface area contributed by atoms with Crippen LogP contribution >= 0.6 is 0 Å². The first-order valence-corrected chi connectivity index (χ1v) is 7.00. The molecule has 1 atom stereocenters. The molecule has 0 aliphatic rings. The van der Waals surface area contributed by atoms with Crippen molar-refractivity contribution in [2.75, 3.05) is 6.54 Å². The molecule has 1 N–H and O–H groups in total. The van der Waals surface area contributed by atoms with E-state index in [1.54, 1.807) is 0 Å². The molecule has 1 amide bonds. The van der Waals surface area contributed by atoms with E-state index in [9.17, 15) is 4.79 Å². The van der Waals surface area contributed by atoms with Gasteiger partial charge in [-0.05, 0) is 31.4 Å². The average molecular weight is 250 g/mol. The number of nitrogens with one attached hydrogen (secondary N) is 1. The first-order valence-electron chi connectivity index (χ1n) is 7.00. The molecule has 0 aromatic carbocycles. The molecule has 0 spiro atoms. The van der Waals surface area contributed by atoms with E-state index in [1.807, 2.05) is 30.7 Å². The molecule has 18 heavy (non-hydrogen) atoms. The molecule has 0 fully saturated rings.